The van der Waals surface area contributed by atoms with Gasteiger partial charge in [0.25, 0.3) is 11.8 Å². The molecule has 2 aromatic carbocycles. The Balaban J connectivity index is 1.23. The second kappa shape index (κ2) is 8.99. The molecular formula is C26H28N4O2. The van der Waals surface area contributed by atoms with Gasteiger partial charge in [0, 0.05) is 31.6 Å². The summed E-state index contributed by atoms with van der Waals surface area (Å²) < 4.78 is 1.68. The number of nitrogens with one attached hydrogen (secondary N) is 1. The van der Waals surface area contributed by atoms with Crippen LogP contribution < -0.4 is 5.32 Å². The van der Waals surface area contributed by atoms with Gasteiger partial charge in [-0.25, -0.2) is 0 Å². The Morgan fingerprint density at radius 3 is 2.28 bits per heavy atom. The summed E-state index contributed by atoms with van der Waals surface area (Å²) in [5.41, 5.74) is 3.30. The van der Waals surface area contributed by atoms with Crippen LogP contribution in [0.2, 0.25) is 0 Å². The van der Waals surface area contributed by atoms with Gasteiger partial charge in [-0.05, 0) is 36.3 Å². The van der Waals surface area contributed by atoms with E-state index in [4.69, 9.17) is 0 Å². The molecule has 1 aliphatic carbocycles. The first kappa shape index (κ1) is 20.5. The molecule has 1 aliphatic heterocycles. The Bertz CT molecular complexity index is 1050. The molecule has 1 aromatic heterocycles. The highest BCUT2D eigenvalue weighted by atomic mass is 16.2. The number of carbonyl (C=O) groups is 2. The van der Waals surface area contributed by atoms with Gasteiger partial charge >= 0.3 is 0 Å². The minimum Gasteiger partial charge on any atom is -0.351 e. The molecule has 1 saturated carbocycles. The van der Waals surface area contributed by atoms with E-state index >= 15 is 0 Å². The van der Waals surface area contributed by atoms with Gasteiger partial charge in [-0.15, -0.1) is 0 Å². The number of rotatable bonds is 8. The van der Waals surface area contributed by atoms with E-state index in [0.29, 0.717) is 36.9 Å². The Labute approximate surface area is 188 Å². The normalized spacial score (nSPS) is 15.7. The van der Waals surface area contributed by atoms with Crippen molar-refractivity contribution in [2.75, 3.05) is 19.6 Å². The van der Waals surface area contributed by atoms with E-state index in [0.717, 1.165) is 13.0 Å². The van der Waals surface area contributed by atoms with Crippen LogP contribution in [-0.2, 0) is 6.54 Å². The zero-order valence-electron chi connectivity index (χ0n) is 18.1. The van der Waals surface area contributed by atoms with E-state index in [1.165, 1.54) is 24.0 Å². The van der Waals surface area contributed by atoms with Crippen molar-refractivity contribution >= 4 is 11.8 Å². The Morgan fingerprint density at radius 2 is 1.66 bits per heavy atom. The molecule has 0 bridgehead atoms. The number of hydrogen-bond donors (Lipinski definition) is 1. The molecule has 0 radical (unpaired) electrons. The molecule has 3 aromatic rings. The molecule has 5 rings (SSSR count). The third kappa shape index (κ3) is 4.44. The average Bonchev–Trinajstić information content (AvgIpc) is 3.54. The quantitative estimate of drug-likeness (QED) is 0.595. The van der Waals surface area contributed by atoms with Crippen LogP contribution >= 0.6 is 0 Å². The second-order valence-electron chi connectivity index (χ2n) is 8.75. The molecule has 0 atom stereocenters. The van der Waals surface area contributed by atoms with Crippen molar-refractivity contribution in [1.82, 2.24) is 20.0 Å². The fourth-order valence-electron chi connectivity index (χ4n) is 4.45. The molecule has 2 aliphatic rings. The van der Waals surface area contributed by atoms with Crippen molar-refractivity contribution in [2.45, 2.75) is 31.7 Å². The van der Waals surface area contributed by atoms with Crippen LogP contribution in [0.25, 0.3) is 0 Å². The van der Waals surface area contributed by atoms with Crippen molar-refractivity contribution in [2.24, 2.45) is 5.92 Å². The molecule has 0 saturated heterocycles. The molecule has 0 spiro atoms. The molecule has 1 fully saturated rings. The lowest BCUT2D eigenvalue weighted by molar-refractivity contribution is 0.0688. The number of hydrogen-bond acceptors (Lipinski definition) is 3. The van der Waals surface area contributed by atoms with Gasteiger partial charge in [0.15, 0.2) is 5.69 Å². The lowest BCUT2D eigenvalue weighted by Crippen LogP contribution is -2.41. The number of aromatic nitrogens is 2. The van der Waals surface area contributed by atoms with Crippen LogP contribution in [0.5, 0.6) is 0 Å². The zero-order chi connectivity index (χ0) is 21.9. The van der Waals surface area contributed by atoms with Gasteiger partial charge in [-0.2, -0.15) is 5.10 Å². The van der Waals surface area contributed by atoms with E-state index in [2.05, 4.69) is 34.7 Å². The predicted molar refractivity (Wildman–Crippen MR) is 123 cm³/mol. The zero-order valence-corrected chi connectivity index (χ0v) is 18.1. The number of nitrogens with zero attached hydrogens (tertiary/aromatic N) is 3. The lowest BCUT2D eigenvalue weighted by Gasteiger charge is -2.27. The summed E-state index contributed by atoms with van der Waals surface area (Å²) in [5.74, 6) is 0.611. The van der Waals surface area contributed by atoms with Crippen molar-refractivity contribution in [3.05, 3.63) is 89.2 Å². The standard InChI is InChI=1S/C26H28N4O2/c31-25(23-17-24-26(32)29(18-19-11-12-19)15-16-30(24)28-23)27-14-13-22(20-7-3-1-4-8-20)21-9-5-2-6-10-21/h1-10,17,19,22H,11-16,18H2,(H,27,31). The van der Waals surface area contributed by atoms with Gasteiger partial charge in [0.2, 0.25) is 0 Å². The minimum absolute atomic E-state index is 0.0112. The number of fused-ring (bicyclic) bond motifs is 1. The van der Waals surface area contributed by atoms with Crippen molar-refractivity contribution in [1.29, 1.82) is 0 Å². The van der Waals surface area contributed by atoms with Gasteiger partial charge in [-0.1, -0.05) is 60.7 Å². The SMILES string of the molecule is O=C(NCCC(c1ccccc1)c1ccccc1)c1cc2n(n1)CCN(CC1CC1)C2=O. The van der Waals surface area contributed by atoms with E-state index < -0.39 is 0 Å². The van der Waals surface area contributed by atoms with Crippen LogP contribution in [0.1, 0.15) is 57.3 Å². The van der Waals surface area contributed by atoms with E-state index in [-0.39, 0.29) is 17.7 Å². The van der Waals surface area contributed by atoms with Crippen molar-refractivity contribution in [3.8, 4) is 0 Å². The summed E-state index contributed by atoms with van der Waals surface area (Å²) in [6, 6.07) is 22.4. The van der Waals surface area contributed by atoms with Crippen LogP contribution in [0.3, 0.4) is 0 Å². The Hall–Kier alpha value is -3.41. The van der Waals surface area contributed by atoms with E-state index in [1.807, 2.05) is 41.3 Å². The molecule has 6 heteroatoms. The van der Waals surface area contributed by atoms with Gasteiger partial charge < -0.3 is 10.2 Å². The highest BCUT2D eigenvalue weighted by molar-refractivity contribution is 5.98. The maximum Gasteiger partial charge on any atom is 0.272 e. The molecule has 0 unspecified atom stereocenters. The molecule has 32 heavy (non-hydrogen) atoms. The summed E-state index contributed by atoms with van der Waals surface area (Å²) in [6.07, 6.45) is 3.20. The van der Waals surface area contributed by atoms with Gasteiger partial charge in [0.1, 0.15) is 5.69 Å². The predicted octanol–water partition coefficient (Wildman–Crippen LogP) is 3.70. The monoisotopic (exact) mass is 428 g/mol. The molecular weight excluding hydrogens is 400 g/mol. The van der Waals surface area contributed by atoms with Crippen LogP contribution in [0.15, 0.2) is 66.7 Å². The summed E-state index contributed by atoms with van der Waals surface area (Å²) in [6.45, 7) is 2.66. The number of carbonyl (C=O) groups excluding carboxylic acids is 2. The highest BCUT2D eigenvalue weighted by Crippen LogP contribution is 2.31. The smallest absolute Gasteiger partial charge is 0.272 e. The topological polar surface area (TPSA) is 67.2 Å². The third-order valence-electron chi connectivity index (χ3n) is 6.40. The number of benzene rings is 2. The van der Waals surface area contributed by atoms with Crippen molar-refractivity contribution < 1.29 is 9.59 Å². The first-order valence-corrected chi connectivity index (χ1v) is 11.4. The third-order valence-corrected chi connectivity index (χ3v) is 6.40. The summed E-state index contributed by atoms with van der Waals surface area (Å²) >= 11 is 0. The van der Waals surface area contributed by atoms with E-state index in [9.17, 15) is 9.59 Å². The largest absolute Gasteiger partial charge is 0.351 e. The Kier molecular flexibility index (Phi) is 5.75. The van der Waals surface area contributed by atoms with E-state index in [1.54, 1.807) is 10.7 Å². The highest BCUT2D eigenvalue weighted by Gasteiger charge is 2.32. The molecule has 6 nitrogen and oxygen atoms in total. The fraction of sp³-hybridized carbons (Fsp3) is 0.346. The van der Waals surface area contributed by atoms with Crippen LogP contribution in [-0.4, -0.2) is 46.1 Å². The maximum atomic E-state index is 12.8. The summed E-state index contributed by atoms with van der Waals surface area (Å²) in [7, 11) is 0. The summed E-state index contributed by atoms with van der Waals surface area (Å²) in [5, 5.41) is 7.41. The van der Waals surface area contributed by atoms with Gasteiger partial charge in [0.05, 0.1) is 6.54 Å². The van der Waals surface area contributed by atoms with Gasteiger partial charge in [-0.3, -0.25) is 14.3 Å². The fourth-order valence-corrected chi connectivity index (χ4v) is 4.45. The van der Waals surface area contributed by atoms with Crippen LogP contribution in [0, 0.1) is 5.92 Å². The second-order valence-corrected chi connectivity index (χ2v) is 8.75. The number of amides is 2. The molecule has 2 heterocycles. The average molecular weight is 429 g/mol. The Morgan fingerprint density at radius 1 is 1.00 bits per heavy atom. The maximum absolute atomic E-state index is 12.8. The molecule has 2 amide bonds. The first-order chi connectivity index (χ1) is 15.7. The lowest BCUT2D eigenvalue weighted by atomic mass is 9.88. The summed E-state index contributed by atoms with van der Waals surface area (Å²) in [4.78, 5) is 27.5. The van der Waals surface area contributed by atoms with Crippen LogP contribution in [0.4, 0.5) is 0 Å². The molecule has 1 N–H and O–H groups in total. The minimum atomic E-state index is -0.228. The van der Waals surface area contributed by atoms with Crippen molar-refractivity contribution in [3.63, 3.8) is 0 Å². The first-order valence-electron chi connectivity index (χ1n) is 11.4. The molecule has 164 valence electrons.